The van der Waals surface area contributed by atoms with Crippen LogP contribution < -0.4 is 10.6 Å². The van der Waals surface area contributed by atoms with Crippen molar-refractivity contribution in [1.29, 1.82) is 0 Å². The summed E-state index contributed by atoms with van der Waals surface area (Å²) in [4.78, 5) is 43.7. The van der Waals surface area contributed by atoms with Gasteiger partial charge in [0.15, 0.2) is 0 Å². The van der Waals surface area contributed by atoms with E-state index in [1.54, 1.807) is 25.7 Å². The highest BCUT2D eigenvalue weighted by atomic mass is 16.6. The second kappa shape index (κ2) is 17.8. The molecule has 44 heavy (non-hydrogen) atoms. The SMILES string of the molecule is CCCCCCCCN(C(=O)C(Cc1ccccc1)NC(=O)OC(C)(C)C)C(C(=O)NC1CCCCC1)c1cccc(C)c1. The first-order valence-corrected chi connectivity index (χ1v) is 16.8. The summed E-state index contributed by atoms with van der Waals surface area (Å²) in [5.74, 6) is -0.434. The number of unbranched alkanes of at least 4 members (excludes halogenated alkanes) is 5. The average molecular weight is 606 g/mol. The van der Waals surface area contributed by atoms with Crippen LogP contribution in [0.1, 0.15) is 121 Å². The van der Waals surface area contributed by atoms with Crippen molar-refractivity contribution in [3.63, 3.8) is 0 Å². The molecule has 0 saturated heterocycles. The van der Waals surface area contributed by atoms with E-state index in [0.29, 0.717) is 6.54 Å². The van der Waals surface area contributed by atoms with E-state index in [1.165, 1.54) is 19.3 Å². The standard InChI is InChI=1S/C37H55N3O4/c1-6-7-8-9-10-17-25-40(33(30-22-18-19-28(2)26-30)34(41)38-31-23-15-12-16-24-31)35(42)32(27-29-20-13-11-14-21-29)39-36(43)44-37(3,4)5/h11,13-14,18-22,26,31-33H,6-10,12,15-17,23-25,27H2,1-5H3,(H,38,41)(H,39,43). The first-order valence-electron chi connectivity index (χ1n) is 16.8. The monoisotopic (exact) mass is 605 g/mol. The molecule has 0 aromatic heterocycles. The summed E-state index contributed by atoms with van der Waals surface area (Å²) >= 11 is 0. The zero-order chi connectivity index (χ0) is 32.0. The van der Waals surface area contributed by atoms with Crippen LogP contribution in [-0.4, -0.2) is 47.0 Å². The van der Waals surface area contributed by atoms with Crippen LogP contribution in [0, 0.1) is 6.92 Å². The number of hydrogen-bond donors (Lipinski definition) is 2. The van der Waals surface area contributed by atoms with Gasteiger partial charge in [-0.3, -0.25) is 9.59 Å². The number of rotatable bonds is 15. The fourth-order valence-electron chi connectivity index (χ4n) is 5.97. The molecule has 2 unspecified atom stereocenters. The molecule has 0 heterocycles. The minimum atomic E-state index is -0.901. The lowest BCUT2D eigenvalue weighted by Gasteiger charge is -2.36. The molecule has 0 spiro atoms. The van der Waals surface area contributed by atoms with Crippen LogP contribution in [0.2, 0.25) is 0 Å². The minimum Gasteiger partial charge on any atom is -0.444 e. The number of amides is 3. The molecule has 3 rings (SSSR count). The van der Waals surface area contributed by atoms with Gasteiger partial charge in [0.05, 0.1) is 0 Å². The summed E-state index contributed by atoms with van der Waals surface area (Å²) < 4.78 is 5.58. The van der Waals surface area contributed by atoms with Crippen LogP contribution in [0.15, 0.2) is 54.6 Å². The Bertz CT molecular complexity index is 1170. The topological polar surface area (TPSA) is 87.7 Å². The maximum atomic E-state index is 14.7. The first-order chi connectivity index (χ1) is 21.1. The molecule has 1 fully saturated rings. The van der Waals surface area contributed by atoms with Crippen molar-refractivity contribution >= 4 is 17.9 Å². The maximum Gasteiger partial charge on any atom is 0.408 e. The van der Waals surface area contributed by atoms with Gasteiger partial charge < -0.3 is 20.3 Å². The third-order valence-corrected chi connectivity index (χ3v) is 8.18. The van der Waals surface area contributed by atoms with E-state index in [-0.39, 0.29) is 24.3 Å². The summed E-state index contributed by atoms with van der Waals surface area (Å²) in [6.07, 6.45) is 11.3. The Balaban J connectivity index is 1.99. The highest BCUT2D eigenvalue weighted by Crippen LogP contribution is 2.27. The number of ether oxygens (including phenoxy) is 1. The second-order valence-electron chi connectivity index (χ2n) is 13.3. The third kappa shape index (κ3) is 12.0. The van der Waals surface area contributed by atoms with Gasteiger partial charge in [0.1, 0.15) is 17.7 Å². The van der Waals surface area contributed by atoms with E-state index >= 15 is 0 Å². The molecule has 7 nitrogen and oxygen atoms in total. The van der Waals surface area contributed by atoms with E-state index in [0.717, 1.165) is 68.1 Å². The maximum absolute atomic E-state index is 14.7. The van der Waals surface area contributed by atoms with Gasteiger partial charge in [0, 0.05) is 19.0 Å². The van der Waals surface area contributed by atoms with Crippen LogP contribution in [0.5, 0.6) is 0 Å². The number of benzene rings is 2. The number of carbonyl (C=O) groups excluding carboxylic acids is 3. The Hall–Kier alpha value is -3.35. The molecule has 3 amide bonds. The van der Waals surface area contributed by atoms with Crippen molar-refractivity contribution in [3.8, 4) is 0 Å². The average Bonchev–Trinajstić information content (AvgIpc) is 2.97. The van der Waals surface area contributed by atoms with Crippen LogP contribution >= 0.6 is 0 Å². The number of nitrogens with one attached hydrogen (secondary N) is 2. The van der Waals surface area contributed by atoms with Crippen LogP contribution in [0.4, 0.5) is 4.79 Å². The van der Waals surface area contributed by atoms with Crippen LogP contribution in [-0.2, 0) is 20.7 Å². The molecule has 2 atom stereocenters. The second-order valence-corrected chi connectivity index (χ2v) is 13.3. The minimum absolute atomic E-state index is 0.106. The molecular weight excluding hydrogens is 550 g/mol. The van der Waals surface area contributed by atoms with E-state index in [1.807, 2.05) is 61.5 Å². The summed E-state index contributed by atoms with van der Waals surface area (Å²) in [6.45, 7) is 10.0. The number of carbonyl (C=O) groups is 3. The van der Waals surface area contributed by atoms with Crippen molar-refractivity contribution in [2.24, 2.45) is 0 Å². The van der Waals surface area contributed by atoms with Gasteiger partial charge in [-0.15, -0.1) is 0 Å². The molecule has 7 heteroatoms. The van der Waals surface area contributed by atoms with Crippen molar-refractivity contribution in [1.82, 2.24) is 15.5 Å². The van der Waals surface area contributed by atoms with E-state index < -0.39 is 23.8 Å². The van der Waals surface area contributed by atoms with Gasteiger partial charge in [-0.1, -0.05) is 118 Å². The molecule has 2 aromatic rings. The number of hydrogen-bond acceptors (Lipinski definition) is 4. The normalized spacial score (nSPS) is 15.2. The fourth-order valence-corrected chi connectivity index (χ4v) is 5.97. The fraction of sp³-hybridized carbons (Fsp3) is 0.595. The van der Waals surface area contributed by atoms with Crippen LogP contribution in [0.25, 0.3) is 0 Å². The largest absolute Gasteiger partial charge is 0.444 e. The molecule has 1 saturated carbocycles. The van der Waals surface area contributed by atoms with Gasteiger partial charge >= 0.3 is 6.09 Å². The number of alkyl carbamates (subject to hydrolysis) is 1. The third-order valence-electron chi connectivity index (χ3n) is 8.18. The zero-order valence-corrected chi connectivity index (χ0v) is 27.7. The summed E-state index contributed by atoms with van der Waals surface area (Å²) in [6, 6.07) is 15.9. The molecule has 0 aliphatic heterocycles. The van der Waals surface area contributed by atoms with Crippen LogP contribution in [0.3, 0.4) is 0 Å². The lowest BCUT2D eigenvalue weighted by Crippen LogP contribution is -2.54. The molecule has 1 aliphatic rings. The van der Waals surface area contributed by atoms with Gasteiger partial charge in [0.25, 0.3) is 0 Å². The van der Waals surface area contributed by atoms with E-state index in [4.69, 9.17) is 4.74 Å². The summed E-state index contributed by atoms with van der Waals surface area (Å²) in [5.41, 5.74) is 2.01. The quantitative estimate of drug-likeness (QED) is 0.203. The molecule has 1 aliphatic carbocycles. The number of nitrogens with zero attached hydrogens (tertiary/aromatic N) is 1. The van der Waals surface area contributed by atoms with Gasteiger partial charge in [0.2, 0.25) is 11.8 Å². The first kappa shape index (κ1) is 35.1. The Labute approximate surface area is 265 Å². The van der Waals surface area contributed by atoms with Crippen molar-refractivity contribution in [3.05, 3.63) is 71.3 Å². The molecule has 242 valence electrons. The Morgan fingerprint density at radius 3 is 2.25 bits per heavy atom. The van der Waals surface area contributed by atoms with Crippen molar-refractivity contribution in [2.45, 2.75) is 135 Å². The lowest BCUT2D eigenvalue weighted by atomic mass is 9.94. The molecule has 2 N–H and O–H groups in total. The predicted octanol–water partition coefficient (Wildman–Crippen LogP) is 7.81. The van der Waals surface area contributed by atoms with Gasteiger partial charge in [-0.05, 0) is 58.1 Å². The van der Waals surface area contributed by atoms with E-state index in [2.05, 4.69) is 17.6 Å². The number of aryl methyl sites for hydroxylation is 1. The predicted molar refractivity (Wildman–Crippen MR) is 177 cm³/mol. The van der Waals surface area contributed by atoms with E-state index in [9.17, 15) is 14.4 Å². The molecular formula is C37H55N3O4. The molecule has 2 aromatic carbocycles. The Morgan fingerprint density at radius 1 is 0.909 bits per heavy atom. The Morgan fingerprint density at radius 2 is 1.59 bits per heavy atom. The van der Waals surface area contributed by atoms with Gasteiger partial charge in [-0.25, -0.2) is 4.79 Å². The highest BCUT2D eigenvalue weighted by molar-refractivity contribution is 5.92. The van der Waals surface area contributed by atoms with Crippen molar-refractivity contribution < 1.29 is 19.1 Å². The molecule has 0 bridgehead atoms. The Kier molecular flexibility index (Phi) is 14.2. The lowest BCUT2D eigenvalue weighted by molar-refractivity contribution is -0.143. The summed E-state index contributed by atoms with van der Waals surface area (Å²) in [5, 5.41) is 6.18. The van der Waals surface area contributed by atoms with Crippen molar-refractivity contribution in [2.75, 3.05) is 6.54 Å². The van der Waals surface area contributed by atoms with Gasteiger partial charge in [-0.2, -0.15) is 0 Å². The zero-order valence-electron chi connectivity index (χ0n) is 27.7. The summed E-state index contributed by atoms with van der Waals surface area (Å²) in [7, 11) is 0. The highest BCUT2D eigenvalue weighted by Gasteiger charge is 2.37. The molecule has 0 radical (unpaired) electrons. The smallest absolute Gasteiger partial charge is 0.408 e.